The standard InChI is InChI=1S/C18H16FN3O2S/c1-24-13-9-6-12(7-10-13)8-11-16-21-22-18(25-16)20-17(23)14-4-2-3-5-15(14)19/h2-7,9-10H,8,11H2,1H3,(H,20,22,23). The Bertz CT molecular complexity index is 865. The van der Waals surface area contributed by atoms with Crippen molar-refractivity contribution >= 4 is 22.4 Å². The number of hydrogen-bond donors (Lipinski definition) is 1. The molecule has 0 radical (unpaired) electrons. The number of aromatic nitrogens is 2. The highest BCUT2D eigenvalue weighted by Crippen LogP contribution is 2.19. The predicted molar refractivity (Wildman–Crippen MR) is 94.7 cm³/mol. The second kappa shape index (κ2) is 7.85. The normalized spacial score (nSPS) is 10.5. The first-order valence-electron chi connectivity index (χ1n) is 7.67. The van der Waals surface area contributed by atoms with Gasteiger partial charge in [0.15, 0.2) is 0 Å². The van der Waals surface area contributed by atoms with Gasteiger partial charge in [-0.1, -0.05) is 35.6 Å². The van der Waals surface area contributed by atoms with E-state index in [1.165, 1.54) is 29.5 Å². The fraction of sp³-hybridized carbons (Fsp3) is 0.167. The van der Waals surface area contributed by atoms with Crippen LogP contribution in [0.5, 0.6) is 5.75 Å². The Kier molecular flexibility index (Phi) is 5.35. The van der Waals surface area contributed by atoms with Crippen molar-refractivity contribution in [2.75, 3.05) is 12.4 Å². The molecule has 1 N–H and O–H groups in total. The Hall–Kier alpha value is -2.80. The Balaban J connectivity index is 1.58. The number of aryl methyl sites for hydroxylation is 2. The molecule has 25 heavy (non-hydrogen) atoms. The summed E-state index contributed by atoms with van der Waals surface area (Å²) >= 11 is 1.29. The van der Waals surface area contributed by atoms with E-state index < -0.39 is 11.7 Å². The van der Waals surface area contributed by atoms with Crippen LogP contribution in [0.15, 0.2) is 48.5 Å². The van der Waals surface area contributed by atoms with E-state index in [1.807, 2.05) is 24.3 Å². The summed E-state index contributed by atoms with van der Waals surface area (Å²) in [5.41, 5.74) is 1.14. The number of benzene rings is 2. The van der Waals surface area contributed by atoms with E-state index in [0.29, 0.717) is 11.6 Å². The second-order valence-electron chi connectivity index (χ2n) is 5.28. The number of rotatable bonds is 6. The lowest BCUT2D eigenvalue weighted by atomic mass is 10.1. The maximum atomic E-state index is 13.6. The molecule has 0 unspecified atom stereocenters. The molecule has 3 aromatic rings. The molecule has 0 aliphatic carbocycles. The zero-order valence-corrected chi connectivity index (χ0v) is 14.3. The van der Waals surface area contributed by atoms with Crippen molar-refractivity contribution in [2.24, 2.45) is 0 Å². The van der Waals surface area contributed by atoms with Gasteiger partial charge in [-0.25, -0.2) is 4.39 Å². The van der Waals surface area contributed by atoms with Crippen LogP contribution in [0.3, 0.4) is 0 Å². The van der Waals surface area contributed by atoms with E-state index >= 15 is 0 Å². The summed E-state index contributed by atoms with van der Waals surface area (Å²) in [6.45, 7) is 0. The predicted octanol–water partition coefficient (Wildman–Crippen LogP) is 3.72. The number of halogens is 1. The van der Waals surface area contributed by atoms with E-state index in [1.54, 1.807) is 13.2 Å². The molecule has 0 aliphatic rings. The van der Waals surface area contributed by atoms with Gasteiger partial charge in [0.2, 0.25) is 5.13 Å². The first-order chi connectivity index (χ1) is 12.2. The minimum Gasteiger partial charge on any atom is -0.497 e. The lowest BCUT2D eigenvalue weighted by molar-refractivity contribution is 0.102. The maximum absolute atomic E-state index is 13.6. The fourth-order valence-corrected chi connectivity index (χ4v) is 2.99. The molecule has 0 bridgehead atoms. The molecule has 0 fully saturated rings. The molecule has 1 amide bonds. The molecule has 3 rings (SSSR count). The average molecular weight is 357 g/mol. The summed E-state index contributed by atoms with van der Waals surface area (Å²) in [4.78, 5) is 12.1. The SMILES string of the molecule is COc1ccc(CCc2nnc(NC(=O)c3ccccc3F)s2)cc1. The van der Waals surface area contributed by atoms with E-state index in [-0.39, 0.29) is 5.56 Å². The van der Waals surface area contributed by atoms with Crippen LogP contribution in [-0.2, 0) is 12.8 Å². The van der Waals surface area contributed by atoms with Crippen molar-refractivity contribution in [3.05, 3.63) is 70.5 Å². The van der Waals surface area contributed by atoms with Crippen molar-refractivity contribution in [3.63, 3.8) is 0 Å². The lowest BCUT2D eigenvalue weighted by Crippen LogP contribution is -2.13. The highest BCUT2D eigenvalue weighted by atomic mass is 32.1. The smallest absolute Gasteiger partial charge is 0.260 e. The molecule has 7 heteroatoms. The van der Waals surface area contributed by atoms with Crippen molar-refractivity contribution in [1.29, 1.82) is 0 Å². The summed E-state index contributed by atoms with van der Waals surface area (Å²) in [5.74, 6) is -0.280. The fourth-order valence-electron chi connectivity index (χ4n) is 2.26. The average Bonchev–Trinajstić information content (AvgIpc) is 3.08. The summed E-state index contributed by atoms with van der Waals surface area (Å²) in [7, 11) is 1.63. The van der Waals surface area contributed by atoms with E-state index in [0.717, 1.165) is 22.7 Å². The van der Waals surface area contributed by atoms with E-state index in [9.17, 15) is 9.18 Å². The van der Waals surface area contributed by atoms with Crippen LogP contribution >= 0.6 is 11.3 Å². The molecule has 0 atom stereocenters. The maximum Gasteiger partial charge on any atom is 0.260 e. The molecule has 1 aromatic heterocycles. The van der Waals surface area contributed by atoms with Crippen molar-refractivity contribution in [1.82, 2.24) is 10.2 Å². The number of nitrogens with one attached hydrogen (secondary N) is 1. The molecule has 0 saturated heterocycles. The highest BCUT2D eigenvalue weighted by Gasteiger charge is 2.13. The Morgan fingerprint density at radius 1 is 1.12 bits per heavy atom. The molecular formula is C18H16FN3O2S. The monoisotopic (exact) mass is 357 g/mol. The van der Waals surface area contributed by atoms with Crippen LogP contribution in [-0.4, -0.2) is 23.2 Å². The third-order valence-corrected chi connectivity index (χ3v) is 4.49. The van der Waals surface area contributed by atoms with Gasteiger partial charge in [-0.05, 0) is 36.2 Å². The van der Waals surface area contributed by atoms with Gasteiger partial charge >= 0.3 is 0 Å². The number of nitrogens with zero attached hydrogens (tertiary/aromatic N) is 2. The van der Waals surface area contributed by atoms with Crippen LogP contribution in [0.4, 0.5) is 9.52 Å². The van der Waals surface area contributed by atoms with E-state index in [4.69, 9.17) is 4.74 Å². The van der Waals surface area contributed by atoms with Gasteiger partial charge < -0.3 is 4.74 Å². The third kappa shape index (κ3) is 4.39. The van der Waals surface area contributed by atoms with Gasteiger partial charge in [-0.15, -0.1) is 10.2 Å². The van der Waals surface area contributed by atoms with Crippen LogP contribution in [0.1, 0.15) is 20.9 Å². The molecule has 1 heterocycles. The molecule has 2 aromatic carbocycles. The van der Waals surface area contributed by atoms with Crippen molar-refractivity contribution < 1.29 is 13.9 Å². The van der Waals surface area contributed by atoms with Crippen LogP contribution in [0.25, 0.3) is 0 Å². The lowest BCUT2D eigenvalue weighted by Gasteiger charge is -2.02. The summed E-state index contributed by atoms with van der Waals surface area (Å²) in [6, 6.07) is 13.6. The van der Waals surface area contributed by atoms with Crippen molar-refractivity contribution in [3.8, 4) is 5.75 Å². The van der Waals surface area contributed by atoms with Crippen molar-refractivity contribution in [2.45, 2.75) is 12.8 Å². The summed E-state index contributed by atoms with van der Waals surface area (Å²) in [6.07, 6.45) is 1.51. The Morgan fingerprint density at radius 2 is 1.88 bits per heavy atom. The van der Waals surface area contributed by atoms with Gasteiger partial charge in [0.05, 0.1) is 12.7 Å². The van der Waals surface area contributed by atoms with Gasteiger partial charge in [-0.3, -0.25) is 10.1 Å². The Morgan fingerprint density at radius 3 is 2.60 bits per heavy atom. The minimum absolute atomic E-state index is 0.0162. The first-order valence-corrected chi connectivity index (χ1v) is 8.48. The molecule has 5 nitrogen and oxygen atoms in total. The van der Waals surface area contributed by atoms with E-state index in [2.05, 4.69) is 15.5 Å². The van der Waals surface area contributed by atoms with Crippen LogP contribution in [0.2, 0.25) is 0 Å². The number of ether oxygens (including phenoxy) is 1. The number of anilines is 1. The summed E-state index contributed by atoms with van der Waals surface area (Å²) in [5, 5.41) is 11.8. The molecule has 0 aliphatic heterocycles. The molecular weight excluding hydrogens is 341 g/mol. The van der Waals surface area contributed by atoms with Crippen LogP contribution < -0.4 is 10.1 Å². The quantitative estimate of drug-likeness (QED) is 0.730. The van der Waals surface area contributed by atoms with Crippen LogP contribution in [0, 0.1) is 5.82 Å². The number of carbonyl (C=O) groups is 1. The highest BCUT2D eigenvalue weighted by molar-refractivity contribution is 7.15. The third-order valence-electron chi connectivity index (χ3n) is 3.59. The number of hydrogen-bond acceptors (Lipinski definition) is 5. The minimum atomic E-state index is -0.566. The Labute approximate surface area is 148 Å². The number of carbonyl (C=O) groups excluding carboxylic acids is 1. The largest absolute Gasteiger partial charge is 0.497 e. The topological polar surface area (TPSA) is 64.1 Å². The van der Waals surface area contributed by atoms with Gasteiger partial charge in [0.1, 0.15) is 16.6 Å². The number of amides is 1. The molecule has 0 spiro atoms. The summed E-state index contributed by atoms with van der Waals surface area (Å²) < 4.78 is 18.7. The molecule has 128 valence electrons. The number of methoxy groups -OCH3 is 1. The van der Waals surface area contributed by atoms with Gasteiger partial charge in [0.25, 0.3) is 5.91 Å². The first kappa shape index (κ1) is 17.0. The van der Waals surface area contributed by atoms with Gasteiger partial charge in [0, 0.05) is 6.42 Å². The zero-order valence-electron chi connectivity index (χ0n) is 13.5. The van der Waals surface area contributed by atoms with Gasteiger partial charge in [-0.2, -0.15) is 0 Å². The second-order valence-corrected chi connectivity index (χ2v) is 6.35. The molecule has 0 saturated carbocycles. The zero-order chi connectivity index (χ0) is 17.6.